The first kappa shape index (κ1) is 13.7. The number of nitrogens with zero attached hydrogens (tertiary/aromatic N) is 2. The SMILES string of the molecule is Cc1nc(SCC(=O)Nc2ccc(Cl)c(N)c2)n[nH]1. The van der Waals surface area contributed by atoms with Gasteiger partial charge >= 0.3 is 0 Å². The number of aromatic nitrogens is 3. The Morgan fingerprint density at radius 3 is 3.00 bits per heavy atom. The summed E-state index contributed by atoms with van der Waals surface area (Å²) in [6, 6.07) is 4.94. The van der Waals surface area contributed by atoms with Crippen LogP contribution in [0.2, 0.25) is 5.02 Å². The Kier molecular flexibility index (Phi) is 4.28. The molecule has 0 aliphatic rings. The zero-order chi connectivity index (χ0) is 13.8. The maximum Gasteiger partial charge on any atom is 0.234 e. The molecule has 6 nitrogen and oxygen atoms in total. The van der Waals surface area contributed by atoms with Gasteiger partial charge in [-0.05, 0) is 25.1 Å². The van der Waals surface area contributed by atoms with E-state index >= 15 is 0 Å². The van der Waals surface area contributed by atoms with E-state index in [1.54, 1.807) is 25.1 Å². The molecule has 0 aliphatic carbocycles. The summed E-state index contributed by atoms with van der Waals surface area (Å²) in [5.41, 5.74) is 6.69. The molecule has 1 aromatic carbocycles. The topological polar surface area (TPSA) is 96.7 Å². The second kappa shape index (κ2) is 5.94. The monoisotopic (exact) mass is 297 g/mol. The predicted molar refractivity (Wildman–Crippen MR) is 76.3 cm³/mol. The molecule has 0 fully saturated rings. The minimum Gasteiger partial charge on any atom is -0.397 e. The lowest BCUT2D eigenvalue weighted by atomic mass is 10.3. The molecule has 0 bridgehead atoms. The Morgan fingerprint density at radius 2 is 2.37 bits per heavy atom. The quantitative estimate of drug-likeness (QED) is 0.593. The molecule has 4 N–H and O–H groups in total. The van der Waals surface area contributed by atoms with Gasteiger partial charge in [-0.25, -0.2) is 4.98 Å². The molecule has 1 amide bonds. The van der Waals surface area contributed by atoms with Crippen LogP contribution in [0.3, 0.4) is 0 Å². The third-order valence-electron chi connectivity index (χ3n) is 2.19. The molecular weight excluding hydrogens is 286 g/mol. The number of hydrogen-bond donors (Lipinski definition) is 3. The van der Waals surface area contributed by atoms with Gasteiger partial charge in [0.1, 0.15) is 5.82 Å². The molecule has 0 unspecified atom stereocenters. The van der Waals surface area contributed by atoms with Gasteiger partial charge < -0.3 is 11.1 Å². The molecule has 1 aromatic heterocycles. The third-order valence-corrected chi connectivity index (χ3v) is 3.38. The van der Waals surface area contributed by atoms with Crippen molar-refractivity contribution in [3.8, 4) is 0 Å². The fraction of sp³-hybridized carbons (Fsp3) is 0.182. The van der Waals surface area contributed by atoms with E-state index in [0.717, 1.165) is 0 Å². The van der Waals surface area contributed by atoms with Gasteiger partial charge in [-0.1, -0.05) is 23.4 Å². The van der Waals surface area contributed by atoms with Crippen LogP contribution in [0.5, 0.6) is 0 Å². The van der Waals surface area contributed by atoms with Crippen molar-refractivity contribution in [1.29, 1.82) is 0 Å². The lowest BCUT2D eigenvalue weighted by Gasteiger charge is -2.05. The smallest absolute Gasteiger partial charge is 0.234 e. The Hall–Kier alpha value is -1.73. The summed E-state index contributed by atoms with van der Waals surface area (Å²) < 4.78 is 0. The molecule has 0 atom stereocenters. The standard InChI is InChI=1S/C11H12ClN5OS/c1-6-14-11(17-16-6)19-5-10(18)15-7-2-3-8(12)9(13)4-7/h2-4H,5,13H2,1H3,(H,15,18)(H,14,16,17). The number of nitrogens with one attached hydrogen (secondary N) is 2. The number of aryl methyl sites for hydroxylation is 1. The van der Waals surface area contributed by atoms with Gasteiger partial charge in [-0.2, -0.15) is 0 Å². The van der Waals surface area contributed by atoms with Gasteiger partial charge in [0.05, 0.1) is 16.5 Å². The molecular formula is C11H12ClN5OS. The third kappa shape index (κ3) is 3.87. The number of benzene rings is 1. The van der Waals surface area contributed by atoms with Crippen molar-refractivity contribution in [3.05, 3.63) is 29.0 Å². The lowest BCUT2D eigenvalue weighted by molar-refractivity contribution is -0.113. The maximum absolute atomic E-state index is 11.7. The van der Waals surface area contributed by atoms with E-state index in [2.05, 4.69) is 20.5 Å². The van der Waals surface area contributed by atoms with Gasteiger partial charge in [-0.3, -0.25) is 9.89 Å². The molecule has 8 heteroatoms. The molecule has 0 radical (unpaired) electrons. The normalized spacial score (nSPS) is 10.4. The zero-order valence-electron chi connectivity index (χ0n) is 10.1. The highest BCUT2D eigenvalue weighted by atomic mass is 35.5. The van der Waals surface area contributed by atoms with Crippen LogP contribution in [-0.2, 0) is 4.79 Å². The van der Waals surface area contributed by atoms with Crippen LogP contribution in [-0.4, -0.2) is 26.8 Å². The van der Waals surface area contributed by atoms with Gasteiger partial charge in [0.2, 0.25) is 11.1 Å². The van der Waals surface area contributed by atoms with E-state index in [1.807, 2.05) is 0 Å². The van der Waals surface area contributed by atoms with E-state index in [0.29, 0.717) is 27.4 Å². The highest BCUT2D eigenvalue weighted by Crippen LogP contribution is 2.22. The van der Waals surface area contributed by atoms with Crippen molar-refractivity contribution in [3.63, 3.8) is 0 Å². The van der Waals surface area contributed by atoms with Crippen molar-refractivity contribution in [2.45, 2.75) is 12.1 Å². The van der Waals surface area contributed by atoms with Crippen LogP contribution in [0.1, 0.15) is 5.82 Å². The molecule has 2 rings (SSSR count). The van der Waals surface area contributed by atoms with Crippen molar-refractivity contribution in [1.82, 2.24) is 15.2 Å². The highest BCUT2D eigenvalue weighted by Gasteiger charge is 2.07. The second-order valence-electron chi connectivity index (χ2n) is 3.78. The largest absolute Gasteiger partial charge is 0.397 e. The Labute approximate surface area is 119 Å². The summed E-state index contributed by atoms with van der Waals surface area (Å²) in [5, 5.41) is 10.4. The summed E-state index contributed by atoms with van der Waals surface area (Å²) in [5.74, 6) is 0.780. The van der Waals surface area contributed by atoms with Crippen LogP contribution in [0.4, 0.5) is 11.4 Å². The molecule has 0 spiro atoms. The van der Waals surface area contributed by atoms with E-state index in [-0.39, 0.29) is 11.7 Å². The van der Waals surface area contributed by atoms with Crippen LogP contribution in [0, 0.1) is 6.92 Å². The number of halogens is 1. The first-order valence-corrected chi connectivity index (χ1v) is 6.77. The summed E-state index contributed by atoms with van der Waals surface area (Å²) in [6.45, 7) is 1.80. The minimum atomic E-state index is -0.158. The van der Waals surface area contributed by atoms with Crippen molar-refractivity contribution in [2.75, 3.05) is 16.8 Å². The number of nitrogens with two attached hydrogens (primary N) is 1. The van der Waals surface area contributed by atoms with Crippen LogP contribution < -0.4 is 11.1 Å². The number of nitrogen functional groups attached to an aromatic ring is 1. The summed E-state index contributed by atoms with van der Waals surface area (Å²) in [4.78, 5) is 15.8. The van der Waals surface area contributed by atoms with Crippen molar-refractivity contribution in [2.24, 2.45) is 0 Å². The average Bonchev–Trinajstić information content (AvgIpc) is 2.77. The molecule has 0 saturated carbocycles. The van der Waals surface area contributed by atoms with Crippen LogP contribution in [0.25, 0.3) is 0 Å². The summed E-state index contributed by atoms with van der Waals surface area (Å²) in [6.07, 6.45) is 0. The number of anilines is 2. The Balaban J connectivity index is 1.88. The van der Waals surface area contributed by atoms with Crippen molar-refractivity contribution < 1.29 is 4.79 Å². The molecule has 2 aromatic rings. The van der Waals surface area contributed by atoms with Gasteiger partial charge in [-0.15, -0.1) is 5.10 Å². The van der Waals surface area contributed by atoms with Gasteiger partial charge in [0.25, 0.3) is 0 Å². The molecule has 1 heterocycles. The van der Waals surface area contributed by atoms with E-state index in [4.69, 9.17) is 17.3 Å². The van der Waals surface area contributed by atoms with Crippen LogP contribution >= 0.6 is 23.4 Å². The predicted octanol–water partition coefficient (Wildman–Crippen LogP) is 2.08. The highest BCUT2D eigenvalue weighted by molar-refractivity contribution is 7.99. The number of aromatic amines is 1. The number of amides is 1. The van der Waals surface area contributed by atoms with Gasteiger partial charge in [0.15, 0.2) is 0 Å². The Bertz CT molecular complexity index is 601. The number of carbonyl (C=O) groups excluding carboxylic acids is 1. The Morgan fingerprint density at radius 1 is 1.58 bits per heavy atom. The average molecular weight is 298 g/mol. The number of carbonyl (C=O) groups is 1. The van der Waals surface area contributed by atoms with E-state index in [9.17, 15) is 4.79 Å². The number of hydrogen-bond acceptors (Lipinski definition) is 5. The summed E-state index contributed by atoms with van der Waals surface area (Å²) in [7, 11) is 0. The van der Waals surface area contributed by atoms with Gasteiger partial charge in [0, 0.05) is 5.69 Å². The second-order valence-corrected chi connectivity index (χ2v) is 5.13. The zero-order valence-corrected chi connectivity index (χ0v) is 11.7. The van der Waals surface area contributed by atoms with E-state index < -0.39 is 0 Å². The fourth-order valence-electron chi connectivity index (χ4n) is 1.34. The van der Waals surface area contributed by atoms with E-state index in [1.165, 1.54) is 11.8 Å². The molecule has 19 heavy (non-hydrogen) atoms. The molecule has 100 valence electrons. The van der Waals surface area contributed by atoms with Crippen LogP contribution in [0.15, 0.2) is 23.4 Å². The fourth-order valence-corrected chi connectivity index (χ4v) is 2.10. The maximum atomic E-state index is 11.7. The lowest BCUT2D eigenvalue weighted by Crippen LogP contribution is -2.14. The number of H-pyrrole nitrogens is 1. The first-order valence-electron chi connectivity index (χ1n) is 5.41. The number of thioether (sulfide) groups is 1. The number of rotatable bonds is 4. The summed E-state index contributed by atoms with van der Waals surface area (Å²) >= 11 is 7.05. The first-order chi connectivity index (χ1) is 9.04. The molecule has 0 aliphatic heterocycles. The molecule has 0 saturated heterocycles. The minimum absolute atomic E-state index is 0.158. The van der Waals surface area contributed by atoms with Crippen molar-refractivity contribution >= 4 is 40.6 Å².